The molecule has 0 saturated heterocycles. The lowest BCUT2D eigenvalue weighted by molar-refractivity contribution is -0.121. The Balaban J connectivity index is 1.56. The van der Waals surface area contributed by atoms with E-state index in [1.807, 2.05) is 92.7 Å². The van der Waals surface area contributed by atoms with Gasteiger partial charge in [-0.15, -0.1) is 5.10 Å². The van der Waals surface area contributed by atoms with Gasteiger partial charge in [-0.2, -0.15) is 5.26 Å². The Morgan fingerprint density at radius 1 is 0.972 bits per heavy atom. The summed E-state index contributed by atoms with van der Waals surface area (Å²) in [4.78, 5) is 31.8. The molecule has 0 fully saturated rings. The third kappa shape index (κ3) is 5.65. The van der Waals surface area contributed by atoms with Crippen molar-refractivity contribution in [2.45, 2.75) is 20.3 Å². The van der Waals surface area contributed by atoms with Crippen molar-refractivity contribution in [2.75, 3.05) is 18.1 Å². The molecule has 1 amide bonds. The molecule has 0 atom stereocenters. The van der Waals surface area contributed by atoms with E-state index in [4.69, 9.17) is 10.00 Å². The summed E-state index contributed by atoms with van der Waals surface area (Å²) in [6.07, 6.45) is 0.149. The molecule has 4 rings (SSSR count). The largest absolute Gasteiger partial charge is 0.450 e. The predicted molar refractivity (Wildman–Crippen MR) is 136 cm³/mol. The van der Waals surface area contributed by atoms with Gasteiger partial charge in [0.1, 0.15) is 0 Å². The summed E-state index contributed by atoms with van der Waals surface area (Å²) in [7, 11) is 0. The summed E-state index contributed by atoms with van der Waals surface area (Å²) in [6.45, 7) is 3.55. The van der Waals surface area contributed by atoms with Crippen LogP contribution in [0, 0.1) is 25.2 Å². The average Bonchev–Trinajstić information content (AvgIpc) is 3.34. The van der Waals surface area contributed by atoms with Crippen LogP contribution in [-0.2, 0) is 9.53 Å². The fourth-order valence-corrected chi connectivity index (χ4v) is 3.86. The van der Waals surface area contributed by atoms with E-state index >= 15 is 0 Å². The van der Waals surface area contributed by atoms with Crippen LogP contribution in [0.25, 0.3) is 17.1 Å². The maximum atomic E-state index is 13.0. The number of nitriles is 1. The molecule has 1 heterocycles. The molecule has 0 spiro atoms. The lowest BCUT2D eigenvalue weighted by Crippen LogP contribution is -2.35. The number of hydrogen-bond donors (Lipinski definition) is 0. The second-order valence-corrected chi connectivity index (χ2v) is 8.25. The molecule has 3 aromatic carbocycles. The van der Waals surface area contributed by atoms with E-state index in [-0.39, 0.29) is 18.8 Å². The third-order valence-corrected chi connectivity index (χ3v) is 5.42. The molecule has 0 unspecified atom stereocenters. The van der Waals surface area contributed by atoms with Gasteiger partial charge in [-0.3, -0.25) is 4.79 Å². The number of rotatable bonds is 8. The number of aryl methyl sites for hydroxylation is 2. The molecule has 0 aliphatic heterocycles. The van der Waals surface area contributed by atoms with E-state index in [0.29, 0.717) is 11.5 Å². The molecular weight excluding hydrogens is 454 g/mol. The highest BCUT2D eigenvalue weighted by Crippen LogP contribution is 2.22. The highest BCUT2D eigenvalue weighted by molar-refractivity contribution is 5.96. The molecule has 0 radical (unpaired) electrons. The molecule has 1 aromatic heterocycles. The van der Waals surface area contributed by atoms with Crippen LogP contribution in [0.5, 0.6) is 0 Å². The van der Waals surface area contributed by atoms with E-state index in [1.54, 1.807) is 4.68 Å². The van der Waals surface area contributed by atoms with E-state index in [2.05, 4.69) is 16.2 Å². The van der Waals surface area contributed by atoms with Crippen molar-refractivity contribution in [2.24, 2.45) is 0 Å². The van der Waals surface area contributed by atoms with Crippen LogP contribution in [0.1, 0.15) is 28.2 Å². The van der Waals surface area contributed by atoms with Crippen LogP contribution in [-0.4, -0.2) is 39.8 Å². The number of carbonyl (C=O) groups is 2. The quantitative estimate of drug-likeness (QED) is 0.341. The zero-order valence-electron chi connectivity index (χ0n) is 20.1. The molecule has 8 heteroatoms. The number of carbonyl (C=O) groups excluding carboxylic acids is 2. The van der Waals surface area contributed by atoms with Crippen molar-refractivity contribution < 1.29 is 14.3 Å². The van der Waals surface area contributed by atoms with Crippen LogP contribution in [0.15, 0.2) is 78.9 Å². The molecule has 180 valence electrons. The Hall–Kier alpha value is -4.77. The highest BCUT2D eigenvalue weighted by atomic mass is 16.5. The van der Waals surface area contributed by atoms with E-state index < -0.39 is 18.5 Å². The van der Waals surface area contributed by atoms with Crippen molar-refractivity contribution in [3.63, 3.8) is 0 Å². The van der Waals surface area contributed by atoms with E-state index in [0.717, 1.165) is 22.4 Å². The second-order valence-electron chi connectivity index (χ2n) is 8.25. The minimum Gasteiger partial charge on any atom is -0.450 e. The average molecular weight is 480 g/mol. The highest BCUT2D eigenvalue weighted by Gasteiger charge is 2.23. The van der Waals surface area contributed by atoms with Crippen LogP contribution >= 0.6 is 0 Å². The molecule has 8 nitrogen and oxygen atoms in total. The molecule has 36 heavy (non-hydrogen) atoms. The predicted octanol–water partition coefficient (Wildman–Crippen LogP) is 4.65. The SMILES string of the molecule is Cc1cc(C)cc(N(CCC#N)C(=O)COC(=O)c2nc(-c3ccccc3)n(-c3ccccc3)n2)c1. The fourth-order valence-electron chi connectivity index (χ4n) is 3.86. The van der Waals surface area contributed by atoms with Gasteiger partial charge < -0.3 is 9.64 Å². The van der Waals surface area contributed by atoms with E-state index in [1.165, 1.54) is 4.90 Å². The topological polar surface area (TPSA) is 101 Å². The summed E-state index contributed by atoms with van der Waals surface area (Å²) >= 11 is 0. The number of ether oxygens (including phenoxy) is 1. The first-order chi connectivity index (χ1) is 17.5. The summed E-state index contributed by atoms with van der Waals surface area (Å²) in [5.74, 6) is -0.920. The number of para-hydroxylation sites is 1. The number of amides is 1. The minimum absolute atomic E-state index is 0.149. The van der Waals surface area contributed by atoms with Crippen molar-refractivity contribution in [1.82, 2.24) is 14.8 Å². The normalized spacial score (nSPS) is 10.5. The van der Waals surface area contributed by atoms with Crippen LogP contribution in [0.3, 0.4) is 0 Å². The Labute approximate surface area is 209 Å². The molecular formula is C28H25N5O3. The maximum Gasteiger partial charge on any atom is 0.378 e. The number of esters is 1. The number of aromatic nitrogens is 3. The lowest BCUT2D eigenvalue weighted by Gasteiger charge is -2.22. The Kier molecular flexibility index (Phi) is 7.51. The van der Waals surface area contributed by atoms with Gasteiger partial charge in [0, 0.05) is 17.8 Å². The number of nitrogens with zero attached hydrogens (tertiary/aromatic N) is 5. The maximum absolute atomic E-state index is 13.0. The van der Waals surface area contributed by atoms with Gasteiger partial charge in [0.25, 0.3) is 11.7 Å². The fraction of sp³-hybridized carbons (Fsp3) is 0.179. The molecule has 0 N–H and O–H groups in total. The Morgan fingerprint density at radius 3 is 2.25 bits per heavy atom. The van der Waals surface area contributed by atoms with Gasteiger partial charge in [-0.25, -0.2) is 14.5 Å². The third-order valence-electron chi connectivity index (χ3n) is 5.42. The van der Waals surface area contributed by atoms with Crippen LogP contribution in [0.2, 0.25) is 0 Å². The minimum atomic E-state index is -0.809. The van der Waals surface area contributed by atoms with Crippen molar-refractivity contribution in [3.8, 4) is 23.1 Å². The van der Waals surface area contributed by atoms with Gasteiger partial charge in [0.05, 0.1) is 18.2 Å². The summed E-state index contributed by atoms with van der Waals surface area (Å²) in [5, 5.41) is 13.4. The van der Waals surface area contributed by atoms with Gasteiger partial charge in [0.15, 0.2) is 12.4 Å². The summed E-state index contributed by atoms with van der Waals surface area (Å²) in [6, 6.07) is 26.5. The van der Waals surface area contributed by atoms with Gasteiger partial charge in [-0.1, -0.05) is 54.6 Å². The first kappa shape index (κ1) is 24.4. The van der Waals surface area contributed by atoms with Crippen molar-refractivity contribution in [1.29, 1.82) is 5.26 Å². The molecule has 4 aromatic rings. The van der Waals surface area contributed by atoms with Gasteiger partial charge in [-0.05, 0) is 49.2 Å². The zero-order chi connectivity index (χ0) is 25.5. The van der Waals surface area contributed by atoms with Crippen molar-refractivity contribution in [3.05, 3.63) is 95.8 Å². The molecule has 0 aliphatic rings. The summed E-state index contributed by atoms with van der Waals surface area (Å²) < 4.78 is 6.89. The second kappa shape index (κ2) is 11.1. The van der Waals surface area contributed by atoms with Crippen molar-refractivity contribution >= 4 is 17.6 Å². The van der Waals surface area contributed by atoms with Crippen LogP contribution < -0.4 is 4.90 Å². The van der Waals surface area contributed by atoms with E-state index in [9.17, 15) is 9.59 Å². The standard InChI is InChI=1S/C28H25N5O3/c1-20-16-21(2)18-24(17-20)32(15-9-14-29)25(34)19-36-28(35)26-30-27(22-10-5-3-6-11-22)33(31-26)23-12-7-4-8-13-23/h3-8,10-13,16-18H,9,15,19H2,1-2H3. The van der Waals surface area contributed by atoms with Gasteiger partial charge >= 0.3 is 5.97 Å². The number of benzene rings is 3. The lowest BCUT2D eigenvalue weighted by atomic mass is 10.1. The molecule has 0 saturated carbocycles. The van der Waals surface area contributed by atoms with Crippen LogP contribution in [0.4, 0.5) is 5.69 Å². The molecule has 0 aliphatic carbocycles. The number of hydrogen-bond acceptors (Lipinski definition) is 6. The van der Waals surface area contributed by atoms with Gasteiger partial charge in [0.2, 0.25) is 0 Å². The Morgan fingerprint density at radius 2 is 1.61 bits per heavy atom. The monoisotopic (exact) mass is 479 g/mol. The zero-order valence-corrected chi connectivity index (χ0v) is 20.1. The Bertz CT molecular complexity index is 1330. The smallest absolute Gasteiger partial charge is 0.378 e. The summed E-state index contributed by atoms with van der Waals surface area (Å²) in [5.41, 5.74) is 4.14. The number of anilines is 1. The first-order valence-electron chi connectivity index (χ1n) is 11.5. The first-order valence-corrected chi connectivity index (χ1v) is 11.5. The molecule has 0 bridgehead atoms.